The summed E-state index contributed by atoms with van der Waals surface area (Å²) in [6.45, 7) is 2.10. The van der Waals surface area contributed by atoms with Gasteiger partial charge in [0.15, 0.2) is 5.58 Å². The van der Waals surface area contributed by atoms with E-state index in [1.165, 1.54) is 11.1 Å². The molecule has 21 heavy (non-hydrogen) atoms. The highest BCUT2D eigenvalue weighted by Crippen LogP contribution is 2.30. The van der Waals surface area contributed by atoms with Crippen LogP contribution in [0, 0.1) is 6.92 Å². The van der Waals surface area contributed by atoms with Crippen molar-refractivity contribution in [3.05, 3.63) is 70.4 Å². The first-order valence-corrected chi connectivity index (χ1v) is 7.25. The van der Waals surface area contributed by atoms with Crippen molar-refractivity contribution in [2.24, 2.45) is 5.84 Å². The second-order valence-corrected chi connectivity index (χ2v) is 5.56. The van der Waals surface area contributed by atoms with E-state index in [0.717, 1.165) is 17.6 Å². The van der Waals surface area contributed by atoms with Crippen LogP contribution in [0.15, 0.2) is 52.9 Å². The third-order valence-corrected chi connectivity index (χ3v) is 4.04. The summed E-state index contributed by atoms with van der Waals surface area (Å²) >= 11 is 6.16. The average molecular weight is 301 g/mol. The van der Waals surface area contributed by atoms with E-state index in [2.05, 4.69) is 24.5 Å². The normalized spacial score (nSPS) is 12.7. The molecule has 3 nitrogen and oxygen atoms in total. The molecule has 0 aliphatic heterocycles. The van der Waals surface area contributed by atoms with Gasteiger partial charge in [0.1, 0.15) is 5.76 Å². The number of hydrogen-bond donors (Lipinski definition) is 2. The van der Waals surface area contributed by atoms with Gasteiger partial charge < -0.3 is 4.42 Å². The highest BCUT2D eigenvalue weighted by molar-refractivity contribution is 6.34. The van der Waals surface area contributed by atoms with Crippen molar-refractivity contribution >= 4 is 22.6 Å². The van der Waals surface area contributed by atoms with E-state index in [9.17, 15) is 0 Å². The maximum absolute atomic E-state index is 6.16. The Morgan fingerprint density at radius 3 is 2.71 bits per heavy atom. The number of hydrazine groups is 1. The molecule has 3 aromatic rings. The standard InChI is InChI=1S/C17H17ClN2O/c1-11-5-2-3-6-12(11)9-15(20-19)16-10-13-7-4-8-14(18)17(13)21-16/h2-8,10,15,20H,9,19H2,1H3. The fraction of sp³-hybridized carbons (Fsp3) is 0.176. The Morgan fingerprint density at radius 1 is 1.19 bits per heavy atom. The van der Waals surface area contributed by atoms with Crippen molar-refractivity contribution in [2.45, 2.75) is 19.4 Å². The van der Waals surface area contributed by atoms with E-state index in [-0.39, 0.29) is 6.04 Å². The van der Waals surface area contributed by atoms with Gasteiger partial charge in [-0.05, 0) is 36.6 Å². The molecular weight excluding hydrogens is 284 g/mol. The third kappa shape index (κ3) is 2.81. The quantitative estimate of drug-likeness (QED) is 0.562. The van der Waals surface area contributed by atoms with Crippen LogP contribution < -0.4 is 11.3 Å². The molecule has 0 aliphatic carbocycles. The van der Waals surface area contributed by atoms with Gasteiger partial charge in [-0.2, -0.15) is 0 Å². The minimum absolute atomic E-state index is 0.0884. The lowest BCUT2D eigenvalue weighted by molar-refractivity contribution is 0.434. The van der Waals surface area contributed by atoms with Crippen LogP contribution in [0.1, 0.15) is 22.9 Å². The molecule has 108 valence electrons. The summed E-state index contributed by atoms with van der Waals surface area (Å²) in [5.41, 5.74) is 6.03. The van der Waals surface area contributed by atoms with Crippen LogP contribution in [0.2, 0.25) is 5.02 Å². The Labute approximate surface area is 128 Å². The zero-order valence-corrected chi connectivity index (χ0v) is 12.5. The Bertz CT molecular complexity index is 766. The Kier molecular flexibility index (Phi) is 3.97. The number of rotatable bonds is 4. The zero-order chi connectivity index (χ0) is 14.8. The first-order chi connectivity index (χ1) is 10.2. The molecule has 0 fully saturated rings. The molecule has 0 amide bonds. The molecule has 1 aromatic heterocycles. The molecule has 0 bridgehead atoms. The Hall–Kier alpha value is -1.81. The van der Waals surface area contributed by atoms with E-state index in [0.29, 0.717) is 10.6 Å². The Balaban J connectivity index is 1.95. The summed E-state index contributed by atoms with van der Waals surface area (Å²) in [4.78, 5) is 0. The van der Waals surface area contributed by atoms with Gasteiger partial charge in [-0.15, -0.1) is 0 Å². The highest BCUT2D eigenvalue weighted by Gasteiger charge is 2.17. The van der Waals surface area contributed by atoms with Crippen molar-refractivity contribution in [1.29, 1.82) is 0 Å². The fourth-order valence-corrected chi connectivity index (χ4v) is 2.74. The molecule has 1 atom stereocenters. The van der Waals surface area contributed by atoms with Crippen LogP contribution in [-0.2, 0) is 6.42 Å². The van der Waals surface area contributed by atoms with E-state index in [1.807, 2.05) is 36.4 Å². The highest BCUT2D eigenvalue weighted by atomic mass is 35.5. The van der Waals surface area contributed by atoms with E-state index >= 15 is 0 Å². The van der Waals surface area contributed by atoms with Crippen LogP contribution in [0.4, 0.5) is 0 Å². The molecule has 0 spiro atoms. The molecule has 1 unspecified atom stereocenters. The number of benzene rings is 2. The molecule has 3 rings (SSSR count). The second kappa shape index (κ2) is 5.90. The van der Waals surface area contributed by atoms with Gasteiger partial charge in [-0.3, -0.25) is 5.84 Å². The number of para-hydroxylation sites is 1. The van der Waals surface area contributed by atoms with Crippen molar-refractivity contribution < 1.29 is 4.42 Å². The van der Waals surface area contributed by atoms with Gasteiger partial charge >= 0.3 is 0 Å². The second-order valence-electron chi connectivity index (χ2n) is 5.16. The lowest BCUT2D eigenvalue weighted by atomic mass is 10.00. The minimum Gasteiger partial charge on any atom is -0.458 e. The summed E-state index contributed by atoms with van der Waals surface area (Å²) < 4.78 is 5.89. The van der Waals surface area contributed by atoms with E-state index < -0.39 is 0 Å². The summed E-state index contributed by atoms with van der Waals surface area (Å²) in [5, 5.41) is 1.60. The largest absolute Gasteiger partial charge is 0.458 e. The van der Waals surface area contributed by atoms with Crippen LogP contribution in [0.5, 0.6) is 0 Å². The SMILES string of the molecule is Cc1ccccc1CC(NN)c1cc2cccc(Cl)c2o1. The van der Waals surface area contributed by atoms with Gasteiger partial charge in [-0.1, -0.05) is 48.0 Å². The van der Waals surface area contributed by atoms with Crippen LogP contribution in [-0.4, -0.2) is 0 Å². The van der Waals surface area contributed by atoms with E-state index in [1.54, 1.807) is 0 Å². The first kappa shape index (κ1) is 14.1. The van der Waals surface area contributed by atoms with Gasteiger partial charge in [-0.25, -0.2) is 5.43 Å². The van der Waals surface area contributed by atoms with Gasteiger partial charge in [0.05, 0.1) is 11.1 Å². The summed E-state index contributed by atoms with van der Waals surface area (Å²) in [6, 6.07) is 15.9. The maximum atomic E-state index is 6.16. The zero-order valence-electron chi connectivity index (χ0n) is 11.8. The third-order valence-electron chi connectivity index (χ3n) is 3.75. The summed E-state index contributed by atoms with van der Waals surface area (Å²) in [7, 11) is 0. The predicted octanol–water partition coefficient (Wildman–Crippen LogP) is 4.14. The maximum Gasteiger partial charge on any atom is 0.152 e. The fourth-order valence-electron chi connectivity index (χ4n) is 2.52. The number of furan rings is 1. The van der Waals surface area contributed by atoms with E-state index in [4.69, 9.17) is 21.9 Å². The number of halogens is 1. The molecule has 2 aromatic carbocycles. The van der Waals surface area contributed by atoms with Gasteiger partial charge in [0, 0.05) is 5.39 Å². The van der Waals surface area contributed by atoms with Crippen molar-refractivity contribution in [3.63, 3.8) is 0 Å². The van der Waals surface area contributed by atoms with Gasteiger partial charge in [0.2, 0.25) is 0 Å². The number of hydrogen-bond acceptors (Lipinski definition) is 3. The molecule has 4 heteroatoms. The molecular formula is C17H17ClN2O. The molecule has 0 saturated carbocycles. The van der Waals surface area contributed by atoms with Crippen molar-refractivity contribution in [2.75, 3.05) is 0 Å². The molecule has 0 saturated heterocycles. The van der Waals surface area contributed by atoms with Crippen LogP contribution in [0.3, 0.4) is 0 Å². The van der Waals surface area contributed by atoms with Crippen LogP contribution >= 0.6 is 11.6 Å². The number of fused-ring (bicyclic) bond motifs is 1. The van der Waals surface area contributed by atoms with Gasteiger partial charge in [0.25, 0.3) is 0 Å². The lowest BCUT2D eigenvalue weighted by Gasteiger charge is -2.14. The van der Waals surface area contributed by atoms with Crippen LogP contribution in [0.25, 0.3) is 11.0 Å². The number of nitrogens with one attached hydrogen (secondary N) is 1. The van der Waals surface area contributed by atoms with Crippen molar-refractivity contribution in [1.82, 2.24) is 5.43 Å². The summed E-state index contributed by atoms with van der Waals surface area (Å²) in [5.74, 6) is 6.51. The molecule has 0 aliphatic rings. The molecule has 1 heterocycles. The van der Waals surface area contributed by atoms with Crippen molar-refractivity contribution in [3.8, 4) is 0 Å². The Morgan fingerprint density at radius 2 is 2.00 bits per heavy atom. The molecule has 3 N–H and O–H groups in total. The topological polar surface area (TPSA) is 51.2 Å². The smallest absolute Gasteiger partial charge is 0.152 e. The minimum atomic E-state index is -0.0884. The predicted molar refractivity (Wildman–Crippen MR) is 86.2 cm³/mol. The molecule has 0 radical (unpaired) electrons. The summed E-state index contributed by atoms with van der Waals surface area (Å²) in [6.07, 6.45) is 0.764. The number of nitrogens with two attached hydrogens (primary N) is 1. The lowest BCUT2D eigenvalue weighted by Crippen LogP contribution is -2.29. The first-order valence-electron chi connectivity index (χ1n) is 6.87. The number of aryl methyl sites for hydroxylation is 1. The average Bonchev–Trinajstić information content (AvgIpc) is 2.92. The monoisotopic (exact) mass is 300 g/mol.